The monoisotopic (exact) mass is 468 g/mol. The molecule has 0 bridgehead atoms. The van der Waals surface area contributed by atoms with Gasteiger partial charge in [0.1, 0.15) is 23.8 Å². The summed E-state index contributed by atoms with van der Waals surface area (Å²) in [5, 5.41) is 4.78. The Kier molecular flexibility index (Phi) is 6.43. The Labute approximate surface area is 204 Å². The lowest BCUT2D eigenvalue weighted by atomic mass is 10.1. The first-order valence-electron chi connectivity index (χ1n) is 11.7. The standard InChI is InChI=1S/C27H28N6O2/c1-20-8-9-23(29-18-20)24-17-25(21-6-4-3-5-7-21)33(30-24)19-27(34)32-14-12-31(13-15-32)26-16-22(35-2)10-11-28-26/h3-11,16-18H,12-15,19H2,1-2H3. The fraction of sp³-hybridized carbons (Fsp3) is 0.259. The predicted molar refractivity (Wildman–Crippen MR) is 135 cm³/mol. The zero-order valence-electron chi connectivity index (χ0n) is 20.0. The molecule has 0 spiro atoms. The minimum atomic E-state index is 0.0481. The van der Waals surface area contributed by atoms with E-state index in [4.69, 9.17) is 9.84 Å². The first-order chi connectivity index (χ1) is 17.1. The van der Waals surface area contributed by atoms with Gasteiger partial charge in [0.2, 0.25) is 5.91 Å². The molecule has 0 unspecified atom stereocenters. The van der Waals surface area contributed by atoms with Crippen LogP contribution in [0.5, 0.6) is 5.75 Å². The molecule has 178 valence electrons. The molecule has 1 fully saturated rings. The van der Waals surface area contributed by atoms with Crippen LogP contribution in [-0.4, -0.2) is 63.8 Å². The average Bonchev–Trinajstić information content (AvgIpc) is 3.33. The van der Waals surface area contributed by atoms with Crippen molar-refractivity contribution in [3.63, 3.8) is 0 Å². The maximum Gasteiger partial charge on any atom is 0.244 e. The van der Waals surface area contributed by atoms with Crippen molar-refractivity contribution in [1.29, 1.82) is 0 Å². The van der Waals surface area contributed by atoms with Gasteiger partial charge in [-0.05, 0) is 36.2 Å². The van der Waals surface area contributed by atoms with Crippen molar-refractivity contribution in [2.45, 2.75) is 13.5 Å². The molecule has 0 N–H and O–H groups in total. The third-order valence-corrected chi connectivity index (χ3v) is 6.22. The van der Waals surface area contributed by atoms with Crippen molar-refractivity contribution < 1.29 is 9.53 Å². The molecule has 4 heterocycles. The van der Waals surface area contributed by atoms with Crippen LogP contribution in [-0.2, 0) is 11.3 Å². The number of piperazine rings is 1. The lowest BCUT2D eigenvalue weighted by molar-refractivity contribution is -0.132. The Hall–Kier alpha value is -4.20. The molecule has 0 radical (unpaired) electrons. The van der Waals surface area contributed by atoms with Crippen molar-refractivity contribution in [1.82, 2.24) is 24.6 Å². The second-order valence-corrected chi connectivity index (χ2v) is 8.58. The lowest BCUT2D eigenvalue weighted by Gasteiger charge is -2.35. The smallest absolute Gasteiger partial charge is 0.244 e. The van der Waals surface area contributed by atoms with Crippen LogP contribution in [0.15, 0.2) is 73.1 Å². The minimum Gasteiger partial charge on any atom is -0.497 e. The molecule has 4 aromatic rings. The maximum atomic E-state index is 13.3. The number of pyridine rings is 2. The van der Waals surface area contributed by atoms with Crippen LogP contribution >= 0.6 is 0 Å². The molecule has 1 aromatic carbocycles. The molecule has 8 nitrogen and oxygen atoms in total. The van der Waals surface area contributed by atoms with Crippen molar-refractivity contribution in [3.8, 4) is 28.4 Å². The zero-order valence-corrected chi connectivity index (χ0v) is 20.0. The molecule has 1 saturated heterocycles. The van der Waals surface area contributed by atoms with E-state index in [2.05, 4.69) is 14.9 Å². The minimum absolute atomic E-state index is 0.0481. The summed E-state index contributed by atoms with van der Waals surface area (Å²) in [6, 6.07) is 19.8. The van der Waals surface area contributed by atoms with Gasteiger partial charge in [0, 0.05) is 44.6 Å². The summed E-state index contributed by atoms with van der Waals surface area (Å²) in [5.41, 5.74) is 4.55. The molecule has 0 saturated carbocycles. The number of benzene rings is 1. The number of amides is 1. The van der Waals surface area contributed by atoms with E-state index in [9.17, 15) is 4.79 Å². The van der Waals surface area contributed by atoms with E-state index >= 15 is 0 Å². The van der Waals surface area contributed by atoms with Gasteiger partial charge in [-0.15, -0.1) is 0 Å². The third-order valence-electron chi connectivity index (χ3n) is 6.22. The fourth-order valence-electron chi connectivity index (χ4n) is 4.24. The van der Waals surface area contributed by atoms with Gasteiger partial charge in [-0.3, -0.25) is 14.5 Å². The Bertz CT molecular complexity index is 1300. The van der Waals surface area contributed by atoms with Crippen molar-refractivity contribution in [3.05, 3.63) is 78.6 Å². The van der Waals surface area contributed by atoms with Gasteiger partial charge in [-0.2, -0.15) is 5.10 Å². The van der Waals surface area contributed by atoms with E-state index < -0.39 is 0 Å². The van der Waals surface area contributed by atoms with Crippen molar-refractivity contribution in [2.75, 3.05) is 38.2 Å². The fourth-order valence-corrected chi connectivity index (χ4v) is 4.24. The summed E-state index contributed by atoms with van der Waals surface area (Å²) < 4.78 is 7.11. The second-order valence-electron chi connectivity index (χ2n) is 8.58. The summed E-state index contributed by atoms with van der Waals surface area (Å²) in [7, 11) is 1.65. The van der Waals surface area contributed by atoms with Gasteiger partial charge in [-0.1, -0.05) is 36.4 Å². The van der Waals surface area contributed by atoms with Crippen LogP contribution < -0.4 is 9.64 Å². The van der Waals surface area contributed by atoms with E-state index in [1.54, 1.807) is 18.0 Å². The normalized spacial score (nSPS) is 13.7. The number of carbonyl (C=O) groups is 1. The van der Waals surface area contributed by atoms with Crippen LogP contribution in [0.2, 0.25) is 0 Å². The molecule has 35 heavy (non-hydrogen) atoms. The number of methoxy groups -OCH3 is 1. The number of hydrogen-bond donors (Lipinski definition) is 0. The van der Waals surface area contributed by atoms with E-state index in [0.29, 0.717) is 13.1 Å². The van der Waals surface area contributed by atoms with Gasteiger partial charge in [0.25, 0.3) is 0 Å². The Morgan fingerprint density at radius 3 is 2.46 bits per heavy atom. The molecule has 1 amide bonds. The Morgan fingerprint density at radius 2 is 1.74 bits per heavy atom. The zero-order chi connectivity index (χ0) is 24.2. The number of hydrogen-bond acceptors (Lipinski definition) is 6. The quantitative estimate of drug-likeness (QED) is 0.430. The number of nitrogens with zero attached hydrogens (tertiary/aromatic N) is 6. The predicted octanol–water partition coefficient (Wildman–Crippen LogP) is 3.67. The highest BCUT2D eigenvalue weighted by molar-refractivity contribution is 5.78. The van der Waals surface area contributed by atoms with Gasteiger partial charge >= 0.3 is 0 Å². The molecular formula is C27H28N6O2. The van der Waals surface area contributed by atoms with Crippen molar-refractivity contribution in [2.24, 2.45) is 0 Å². The Balaban J connectivity index is 1.32. The summed E-state index contributed by atoms with van der Waals surface area (Å²) in [5.74, 6) is 1.69. The topological polar surface area (TPSA) is 76.4 Å². The van der Waals surface area contributed by atoms with E-state index in [1.165, 1.54) is 0 Å². The van der Waals surface area contributed by atoms with E-state index in [-0.39, 0.29) is 12.5 Å². The molecule has 5 rings (SSSR count). The van der Waals surface area contributed by atoms with Crippen LogP contribution in [0.25, 0.3) is 22.6 Å². The van der Waals surface area contributed by atoms with Crippen LogP contribution in [0, 0.1) is 6.92 Å². The molecule has 1 aliphatic rings. The molecule has 0 atom stereocenters. The molecule has 0 aliphatic carbocycles. The summed E-state index contributed by atoms with van der Waals surface area (Å²) in [4.78, 5) is 26.3. The number of ether oxygens (including phenoxy) is 1. The number of anilines is 1. The van der Waals surface area contributed by atoms with E-state index in [0.717, 1.165) is 52.9 Å². The first kappa shape index (κ1) is 22.6. The summed E-state index contributed by atoms with van der Waals surface area (Å²) in [6.45, 7) is 4.88. The highest BCUT2D eigenvalue weighted by Gasteiger charge is 2.24. The molecule has 1 aliphatic heterocycles. The summed E-state index contributed by atoms with van der Waals surface area (Å²) in [6.07, 6.45) is 3.58. The lowest BCUT2D eigenvalue weighted by Crippen LogP contribution is -2.50. The number of rotatable bonds is 6. The van der Waals surface area contributed by atoms with Crippen molar-refractivity contribution >= 4 is 11.7 Å². The second kappa shape index (κ2) is 9.97. The van der Waals surface area contributed by atoms with Gasteiger partial charge < -0.3 is 14.5 Å². The first-order valence-corrected chi connectivity index (χ1v) is 11.7. The molecule has 8 heteroatoms. The van der Waals surface area contributed by atoms with Crippen LogP contribution in [0.1, 0.15) is 5.56 Å². The Morgan fingerprint density at radius 1 is 0.943 bits per heavy atom. The SMILES string of the molecule is COc1ccnc(N2CCN(C(=O)Cn3nc(-c4ccc(C)cn4)cc3-c3ccccc3)CC2)c1. The average molecular weight is 469 g/mol. The highest BCUT2D eigenvalue weighted by Crippen LogP contribution is 2.26. The number of aryl methyl sites for hydroxylation is 1. The van der Waals surface area contributed by atoms with Gasteiger partial charge in [0.05, 0.1) is 18.5 Å². The van der Waals surface area contributed by atoms with Gasteiger partial charge in [-0.25, -0.2) is 4.98 Å². The number of aromatic nitrogens is 4. The molecule has 3 aromatic heterocycles. The molecular weight excluding hydrogens is 440 g/mol. The highest BCUT2D eigenvalue weighted by atomic mass is 16.5. The third kappa shape index (κ3) is 5.01. The largest absolute Gasteiger partial charge is 0.497 e. The van der Waals surface area contributed by atoms with Crippen LogP contribution in [0.4, 0.5) is 5.82 Å². The van der Waals surface area contributed by atoms with Crippen LogP contribution in [0.3, 0.4) is 0 Å². The summed E-state index contributed by atoms with van der Waals surface area (Å²) >= 11 is 0. The van der Waals surface area contributed by atoms with Gasteiger partial charge in [0.15, 0.2) is 0 Å². The maximum absolute atomic E-state index is 13.3. The van der Waals surface area contributed by atoms with E-state index in [1.807, 2.05) is 78.7 Å². The number of carbonyl (C=O) groups excluding carboxylic acids is 1.